The highest BCUT2D eigenvalue weighted by Crippen LogP contribution is 2.38. The molecule has 0 atom stereocenters. The van der Waals surface area contributed by atoms with Crippen molar-refractivity contribution >= 4 is 11.6 Å². The fourth-order valence-corrected chi connectivity index (χ4v) is 4.13. The molecule has 0 spiro atoms. The van der Waals surface area contributed by atoms with Gasteiger partial charge in [-0.1, -0.05) is 11.3 Å². The Morgan fingerprint density at radius 3 is 2.42 bits per heavy atom. The fourth-order valence-electron chi connectivity index (χ4n) is 4.13. The van der Waals surface area contributed by atoms with Crippen LogP contribution >= 0.6 is 0 Å². The molecule has 2 N–H and O–H groups in total. The van der Waals surface area contributed by atoms with Gasteiger partial charge in [-0.2, -0.15) is 18.3 Å². The Labute approximate surface area is 230 Å². The van der Waals surface area contributed by atoms with Gasteiger partial charge in [-0.25, -0.2) is 4.68 Å². The standard InChI is InChI=1S/C28H32F3N7O2/c1-16-8-9-18(11-24(16)38-15-23(35-36-38)21-14-33-37(6)17(21)2)26(39)34-22-12-20(28(29,30)31)10-19(25(22)40-7)13-32-27(3,4)5/h8-12,14-15,32H,13H2,1-7H3,(H,34,39). The summed E-state index contributed by atoms with van der Waals surface area (Å²) < 4.78 is 50.0. The second kappa shape index (κ2) is 10.8. The van der Waals surface area contributed by atoms with Crippen LogP contribution < -0.4 is 15.4 Å². The van der Waals surface area contributed by atoms with E-state index in [1.54, 1.807) is 40.0 Å². The quantitative estimate of drug-likeness (QED) is 0.315. The molecule has 0 fully saturated rings. The molecule has 0 unspecified atom stereocenters. The first-order chi connectivity index (χ1) is 18.7. The average molecular weight is 556 g/mol. The van der Waals surface area contributed by atoms with Gasteiger partial charge in [0.05, 0.1) is 36.4 Å². The van der Waals surface area contributed by atoms with Gasteiger partial charge in [0.1, 0.15) is 11.4 Å². The molecular formula is C28H32F3N7O2. The van der Waals surface area contributed by atoms with Crippen molar-refractivity contribution in [1.82, 2.24) is 30.1 Å². The van der Waals surface area contributed by atoms with Crippen LogP contribution in [0.1, 0.15) is 53.5 Å². The van der Waals surface area contributed by atoms with Crippen LogP contribution in [0.4, 0.5) is 18.9 Å². The lowest BCUT2D eigenvalue weighted by Crippen LogP contribution is -2.35. The minimum atomic E-state index is -4.61. The maximum absolute atomic E-state index is 13.8. The smallest absolute Gasteiger partial charge is 0.416 e. The predicted octanol–water partition coefficient (Wildman–Crippen LogP) is 5.45. The summed E-state index contributed by atoms with van der Waals surface area (Å²) in [6, 6.07) is 6.86. The number of benzene rings is 2. The second-order valence-electron chi connectivity index (χ2n) is 10.6. The Hall–Kier alpha value is -4.19. The van der Waals surface area contributed by atoms with Crippen molar-refractivity contribution in [1.29, 1.82) is 0 Å². The summed E-state index contributed by atoms with van der Waals surface area (Å²) in [6.07, 6.45) is -1.18. The fraction of sp³-hybridized carbons (Fsp3) is 0.357. The number of amides is 1. The van der Waals surface area contributed by atoms with Gasteiger partial charge in [0.2, 0.25) is 0 Å². The van der Waals surface area contributed by atoms with Crippen LogP contribution in [0.5, 0.6) is 5.75 Å². The number of carbonyl (C=O) groups excluding carboxylic acids is 1. The van der Waals surface area contributed by atoms with Gasteiger partial charge >= 0.3 is 6.18 Å². The van der Waals surface area contributed by atoms with E-state index in [0.29, 0.717) is 11.4 Å². The molecule has 4 rings (SSSR count). The van der Waals surface area contributed by atoms with Gasteiger partial charge in [-0.15, -0.1) is 5.10 Å². The van der Waals surface area contributed by atoms with E-state index in [1.165, 1.54) is 7.11 Å². The van der Waals surface area contributed by atoms with Crippen molar-refractivity contribution in [3.05, 3.63) is 70.7 Å². The van der Waals surface area contributed by atoms with E-state index in [2.05, 4.69) is 26.0 Å². The molecule has 40 heavy (non-hydrogen) atoms. The Bertz CT molecular complexity index is 1550. The van der Waals surface area contributed by atoms with E-state index < -0.39 is 17.6 Å². The number of halogens is 3. The zero-order chi connectivity index (χ0) is 29.4. The summed E-state index contributed by atoms with van der Waals surface area (Å²) in [7, 11) is 3.19. The van der Waals surface area contributed by atoms with Gasteiger partial charge in [0, 0.05) is 41.5 Å². The van der Waals surface area contributed by atoms with Gasteiger partial charge in [-0.3, -0.25) is 9.48 Å². The first kappa shape index (κ1) is 28.8. The molecule has 2 heterocycles. The van der Waals surface area contributed by atoms with E-state index in [0.717, 1.165) is 29.0 Å². The van der Waals surface area contributed by atoms with Gasteiger partial charge in [-0.05, 0) is 64.4 Å². The number of nitrogens with one attached hydrogen (secondary N) is 2. The summed E-state index contributed by atoms with van der Waals surface area (Å²) >= 11 is 0. The highest BCUT2D eigenvalue weighted by molar-refractivity contribution is 6.05. The minimum absolute atomic E-state index is 0.0785. The third-order valence-electron chi connectivity index (χ3n) is 6.48. The van der Waals surface area contributed by atoms with Gasteiger partial charge in [0.25, 0.3) is 5.91 Å². The van der Waals surface area contributed by atoms with E-state index in [9.17, 15) is 18.0 Å². The SMILES string of the molecule is COc1c(CNC(C)(C)C)cc(C(F)(F)F)cc1NC(=O)c1ccc(C)c(-n2cc(-c3cnn(C)c3C)nn2)c1. The number of hydrogen-bond donors (Lipinski definition) is 2. The van der Waals surface area contributed by atoms with Crippen LogP contribution in [-0.2, 0) is 19.8 Å². The molecular weight excluding hydrogens is 523 g/mol. The molecule has 2 aromatic heterocycles. The summed E-state index contributed by atoms with van der Waals surface area (Å²) in [5.74, 6) is -0.449. The summed E-state index contributed by atoms with van der Waals surface area (Å²) in [5.41, 5.74) is 2.96. The lowest BCUT2D eigenvalue weighted by molar-refractivity contribution is -0.137. The number of alkyl halides is 3. The first-order valence-corrected chi connectivity index (χ1v) is 12.5. The molecule has 4 aromatic rings. The maximum atomic E-state index is 13.8. The number of hydrogen-bond acceptors (Lipinski definition) is 6. The lowest BCUT2D eigenvalue weighted by Gasteiger charge is -2.23. The number of methoxy groups -OCH3 is 1. The molecule has 0 saturated carbocycles. The van der Waals surface area contributed by atoms with Crippen molar-refractivity contribution in [3.8, 4) is 22.7 Å². The van der Waals surface area contributed by atoms with Crippen LogP contribution in [0.15, 0.2) is 42.7 Å². The summed E-state index contributed by atoms with van der Waals surface area (Å²) in [5, 5.41) is 18.5. The molecule has 0 bridgehead atoms. The van der Waals surface area contributed by atoms with Crippen LogP contribution in [0.25, 0.3) is 16.9 Å². The molecule has 12 heteroatoms. The van der Waals surface area contributed by atoms with Crippen molar-refractivity contribution in [2.75, 3.05) is 12.4 Å². The third-order valence-corrected chi connectivity index (χ3v) is 6.48. The number of ether oxygens (including phenoxy) is 1. The number of anilines is 1. The number of aromatic nitrogens is 5. The Morgan fingerprint density at radius 1 is 1.10 bits per heavy atom. The zero-order valence-electron chi connectivity index (χ0n) is 23.4. The van der Waals surface area contributed by atoms with Crippen LogP contribution in [0.2, 0.25) is 0 Å². The molecule has 2 aromatic carbocycles. The van der Waals surface area contributed by atoms with E-state index in [1.807, 2.05) is 41.7 Å². The van der Waals surface area contributed by atoms with E-state index in [4.69, 9.17) is 4.74 Å². The van der Waals surface area contributed by atoms with Crippen LogP contribution in [0.3, 0.4) is 0 Å². The minimum Gasteiger partial charge on any atom is -0.494 e. The topological polar surface area (TPSA) is 98.9 Å². The van der Waals surface area contributed by atoms with Crippen LogP contribution in [-0.4, -0.2) is 43.3 Å². The van der Waals surface area contributed by atoms with Crippen molar-refractivity contribution in [3.63, 3.8) is 0 Å². The normalized spacial score (nSPS) is 12.1. The molecule has 0 aliphatic rings. The van der Waals surface area contributed by atoms with Gasteiger partial charge in [0.15, 0.2) is 0 Å². The van der Waals surface area contributed by atoms with Crippen molar-refractivity contribution in [2.45, 2.75) is 52.9 Å². The Kier molecular flexibility index (Phi) is 7.75. The Morgan fingerprint density at radius 2 is 1.82 bits per heavy atom. The van der Waals surface area contributed by atoms with Crippen molar-refractivity contribution < 1.29 is 22.7 Å². The van der Waals surface area contributed by atoms with Crippen LogP contribution in [0, 0.1) is 13.8 Å². The number of nitrogens with zero attached hydrogens (tertiary/aromatic N) is 5. The molecule has 0 radical (unpaired) electrons. The number of rotatable bonds is 7. The first-order valence-electron chi connectivity index (χ1n) is 12.5. The molecule has 212 valence electrons. The summed E-state index contributed by atoms with van der Waals surface area (Å²) in [6.45, 7) is 9.60. The van der Waals surface area contributed by atoms with E-state index in [-0.39, 0.29) is 34.6 Å². The largest absolute Gasteiger partial charge is 0.494 e. The number of carbonyl (C=O) groups is 1. The zero-order valence-corrected chi connectivity index (χ0v) is 23.4. The Balaban J connectivity index is 1.68. The third kappa shape index (κ3) is 6.17. The monoisotopic (exact) mass is 555 g/mol. The molecule has 1 amide bonds. The highest BCUT2D eigenvalue weighted by atomic mass is 19.4. The van der Waals surface area contributed by atoms with Crippen molar-refractivity contribution in [2.24, 2.45) is 7.05 Å². The molecule has 0 saturated heterocycles. The molecule has 9 nitrogen and oxygen atoms in total. The number of aryl methyl sites for hydroxylation is 2. The second-order valence-corrected chi connectivity index (χ2v) is 10.6. The van der Waals surface area contributed by atoms with E-state index >= 15 is 0 Å². The summed E-state index contributed by atoms with van der Waals surface area (Å²) in [4.78, 5) is 13.3. The highest BCUT2D eigenvalue weighted by Gasteiger charge is 2.33. The molecule has 0 aliphatic heterocycles. The average Bonchev–Trinajstić information content (AvgIpc) is 3.48. The van der Waals surface area contributed by atoms with Gasteiger partial charge < -0.3 is 15.4 Å². The lowest BCUT2D eigenvalue weighted by atomic mass is 10.0. The predicted molar refractivity (Wildman–Crippen MR) is 146 cm³/mol. The molecule has 0 aliphatic carbocycles. The maximum Gasteiger partial charge on any atom is 0.416 e.